The van der Waals surface area contributed by atoms with Crippen LogP contribution in [-0.2, 0) is 38.8 Å². The van der Waals surface area contributed by atoms with Crippen molar-refractivity contribution in [1.29, 1.82) is 0 Å². The number of ether oxygens (including phenoxy) is 2. The van der Waals surface area contributed by atoms with Gasteiger partial charge in [0, 0.05) is 6.54 Å². The van der Waals surface area contributed by atoms with E-state index in [1.165, 1.54) is 6.92 Å². The molecule has 1 N–H and O–H groups in total. The van der Waals surface area contributed by atoms with Crippen LogP contribution in [0.15, 0.2) is 78.9 Å². The molecule has 11 heteroatoms. The van der Waals surface area contributed by atoms with Crippen LogP contribution < -0.4 is 5.32 Å². The monoisotopic (exact) mass is 606 g/mol. The van der Waals surface area contributed by atoms with Gasteiger partial charge in [-0.2, -0.15) is 26.3 Å². The molecule has 0 radical (unpaired) electrons. The molecule has 2 heterocycles. The van der Waals surface area contributed by atoms with E-state index in [1.54, 1.807) is 0 Å². The molecular formula is C32H32F6N2O3. The second kappa shape index (κ2) is 11.9. The lowest BCUT2D eigenvalue weighted by Crippen LogP contribution is -2.73. The molecule has 5 nitrogen and oxygen atoms in total. The van der Waals surface area contributed by atoms with Gasteiger partial charge in [-0.3, -0.25) is 9.69 Å². The predicted octanol–water partition coefficient (Wildman–Crippen LogP) is 6.88. The van der Waals surface area contributed by atoms with Crippen LogP contribution in [0, 0.1) is 0 Å². The third kappa shape index (κ3) is 6.89. The molecule has 0 aromatic heterocycles. The highest BCUT2D eigenvalue weighted by atomic mass is 19.4. The number of hydrogen-bond acceptors (Lipinski definition) is 4. The van der Waals surface area contributed by atoms with E-state index in [-0.39, 0.29) is 37.3 Å². The topological polar surface area (TPSA) is 50.8 Å². The molecule has 2 bridgehead atoms. The van der Waals surface area contributed by atoms with Crippen LogP contribution in [0.2, 0.25) is 0 Å². The molecule has 1 amide bonds. The molecule has 5 rings (SSSR count). The third-order valence-corrected chi connectivity index (χ3v) is 8.31. The molecule has 1 unspecified atom stereocenters. The largest absolute Gasteiger partial charge is 0.416 e. The fourth-order valence-electron chi connectivity index (χ4n) is 6.01. The van der Waals surface area contributed by atoms with E-state index >= 15 is 0 Å². The predicted molar refractivity (Wildman–Crippen MR) is 147 cm³/mol. The number of alkyl halides is 6. The molecule has 2 fully saturated rings. The Balaban J connectivity index is 1.39. The zero-order chi connectivity index (χ0) is 30.9. The van der Waals surface area contributed by atoms with Crippen LogP contribution in [0.25, 0.3) is 0 Å². The highest BCUT2D eigenvalue weighted by Gasteiger charge is 2.53. The normalized spacial score (nSPS) is 24.8. The Hall–Kier alpha value is -3.41. The van der Waals surface area contributed by atoms with E-state index in [0.29, 0.717) is 38.1 Å². The van der Waals surface area contributed by atoms with Gasteiger partial charge in [0.05, 0.1) is 54.7 Å². The van der Waals surface area contributed by atoms with Gasteiger partial charge in [-0.1, -0.05) is 60.7 Å². The maximum absolute atomic E-state index is 13.5. The van der Waals surface area contributed by atoms with Crippen molar-refractivity contribution in [2.45, 2.75) is 55.9 Å². The van der Waals surface area contributed by atoms with E-state index in [1.807, 2.05) is 65.6 Å². The van der Waals surface area contributed by atoms with E-state index in [0.717, 1.165) is 11.1 Å². The SMILES string of the molecule is C[C@@H](OC[C@@]1(c2ccccc2)CC[C@]2(COCc3ccccc3)CN1CC(=O)N2)c1cc(C(F)(F)F)cc(C(F)(F)F)c1. The fraction of sp³-hybridized carbons (Fsp3) is 0.406. The van der Waals surface area contributed by atoms with Gasteiger partial charge in [0.2, 0.25) is 5.91 Å². The smallest absolute Gasteiger partial charge is 0.374 e. The van der Waals surface area contributed by atoms with Gasteiger partial charge >= 0.3 is 12.4 Å². The van der Waals surface area contributed by atoms with Crippen LogP contribution in [0.5, 0.6) is 0 Å². The Morgan fingerprint density at radius 2 is 1.47 bits per heavy atom. The number of rotatable bonds is 9. The number of carbonyl (C=O) groups is 1. The minimum absolute atomic E-state index is 0.0504. The number of piperazine rings is 1. The van der Waals surface area contributed by atoms with Crippen molar-refractivity contribution in [3.63, 3.8) is 0 Å². The standard InChI is InChI=1S/C32H32F6N2O3/c1-22(24-14-26(31(33,34)35)16-27(15-24)32(36,37)38)43-21-30(25-10-6-3-7-11-25)13-12-29(19-40(30)17-28(41)39-29)20-42-18-23-8-4-2-5-9-23/h2-11,14-16,22H,12-13,17-21H2,1H3,(H,39,41)/t22-,29-,30-/m1/s1. The van der Waals surface area contributed by atoms with Crippen molar-refractivity contribution >= 4 is 5.91 Å². The van der Waals surface area contributed by atoms with Gasteiger partial charge < -0.3 is 14.8 Å². The molecule has 4 atom stereocenters. The number of nitrogens with zero attached hydrogens (tertiary/aromatic N) is 1. The van der Waals surface area contributed by atoms with Gasteiger partial charge in [-0.25, -0.2) is 0 Å². The highest BCUT2D eigenvalue weighted by Crippen LogP contribution is 2.44. The lowest BCUT2D eigenvalue weighted by molar-refractivity contribution is -0.148. The van der Waals surface area contributed by atoms with E-state index in [2.05, 4.69) is 5.32 Å². The Kier molecular flexibility index (Phi) is 8.61. The van der Waals surface area contributed by atoms with Crippen LogP contribution in [0.4, 0.5) is 26.3 Å². The van der Waals surface area contributed by atoms with E-state index in [9.17, 15) is 31.1 Å². The summed E-state index contributed by atoms with van der Waals surface area (Å²) in [4.78, 5) is 15.0. The van der Waals surface area contributed by atoms with Crippen molar-refractivity contribution in [3.8, 4) is 0 Å². The van der Waals surface area contributed by atoms with Crippen molar-refractivity contribution < 1.29 is 40.6 Å². The van der Waals surface area contributed by atoms with Gasteiger partial charge in [0.25, 0.3) is 0 Å². The summed E-state index contributed by atoms with van der Waals surface area (Å²) in [5, 5.41) is 3.11. The number of halogens is 6. The number of amides is 1. The molecule has 0 saturated carbocycles. The molecule has 3 aromatic rings. The second-order valence-electron chi connectivity index (χ2n) is 11.4. The molecule has 230 valence electrons. The summed E-state index contributed by atoms with van der Waals surface area (Å²) in [7, 11) is 0. The lowest BCUT2D eigenvalue weighted by Gasteiger charge is -2.57. The van der Waals surface area contributed by atoms with Gasteiger partial charge in [0.1, 0.15) is 0 Å². The minimum Gasteiger partial charge on any atom is -0.374 e. The highest BCUT2D eigenvalue weighted by molar-refractivity contribution is 5.80. The Morgan fingerprint density at radius 1 is 0.860 bits per heavy atom. The van der Waals surface area contributed by atoms with E-state index in [4.69, 9.17) is 9.47 Å². The van der Waals surface area contributed by atoms with E-state index < -0.39 is 40.7 Å². The summed E-state index contributed by atoms with van der Waals surface area (Å²) < 4.78 is 93.1. The van der Waals surface area contributed by atoms with Crippen molar-refractivity contribution in [2.75, 3.05) is 26.3 Å². The van der Waals surface area contributed by atoms with Gasteiger partial charge in [-0.15, -0.1) is 0 Å². The van der Waals surface area contributed by atoms with Crippen molar-refractivity contribution in [1.82, 2.24) is 10.2 Å². The summed E-state index contributed by atoms with van der Waals surface area (Å²) in [6, 6.07) is 20.5. The number of nitrogens with one attached hydrogen (secondary N) is 1. The number of hydrogen-bond donors (Lipinski definition) is 1. The average Bonchev–Trinajstić information content (AvgIpc) is 2.96. The van der Waals surface area contributed by atoms with Crippen LogP contribution in [0.3, 0.4) is 0 Å². The Labute approximate surface area is 245 Å². The second-order valence-corrected chi connectivity index (χ2v) is 11.4. The Morgan fingerprint density at radius 3 is 2.07 bits per heavy atom. The first-order chi connectivity index (χ1) is 20.3. The molecular weight excluding hydrogens is 574 g/mol. The molecule has 2 aliphatic rings. The van der Waals surface area contributed by atoms with Gasteiger partial charge in [-0.05, 0) is 54.7 Å². The molecule has 3 aromatic carbocycles. The van der Waals surface area contributed by atoms with Gasteiger partial charge in [0.15, 0.2) is 0 Å². The van der Waals surface area contributed by atoms with Crippen LogP contribution >= 0.6 is 0 Å². The van der Waals surface area contributed by atoms with Crippen molar-refractivity contribution in [3.05, 3.63) is 107 Å². The minimum atomic E-state index is -4.96. The number of piperidine rings is 1. The zero-order valence-electron chi connectivity index (χ0n) is 23.5. The first-order valence-corrected chi connectivity index (χ1v) is 13.9. The zero-order valence-corrected chi connectivity index (χ0v) is 23.5. The molecule has 43 heavy (non-hydrogen) atoms. The number of fused-ring (bicyclic) bond motifs is 2. The maximum atomic E-state index is 13.5. The molecule has 0 spiro atoms. The summed E-state index contributed by atoms with van der Waals surface area (Å²) >= 11 is 0. The molecule has 2 aliphatic heterocycles. The van der Waals surface area contributed by atoms with Crippen LogP contribution in [0.1, 0.15) is 53.7 Å². The summed E-state index contributed by atoms with van der Waals surface area (Å²) in [6.07, 6.45) is -9.98. The first-order valence-electron chi connectivity index (χ1n) is 13.9. The average molecular weight is 607 g/mol. The summed E-state index contributed by atoms with van der Waals surface area (Å²) in [5.41, 5.74) is -2.68. The van der Waals surface area contributed by atoms with Crippen LogP contribution in [-0.4, -0.2) is 42.6 Å². The summed E-state index contributed by atoms with van der Waals surface area (Å²) in [5.74, 6) is -0.199. The fourth-order valence-corrected chi connectivity index (χ4v) is 6.01. The third-order valence-electron chi connectivity index (χ3n) is 8.31. The maximum Gasteiger partial charge on any atom is 0.416 e. The quantitative estimate of drug-likeness (QED) is 0.270. The number of carbonyl (C=O) groups excluding carboxylic acids is 1. The number of benzene rings is 3. The lowest BCUT2D eigenvalue weighted by atomic mass is 9.73. The molecule has 2 saturated heterocycles. The Bertz CT molecular complexity index is 1380. The first kappa shape index (κ1) is 31.0. The van der Waals surface area contributed by atoms with Crippen molar-refractivity contribution in [2.24, 2.45) is 0 Å². The summed E-state index contributed by atoms with van der Waals surface area (Å²) in [6.45, 7) is 2.51. The molecule has 0 aliphatic carbocycles.